The van der Waals surface area contributed by atoms with E-state index in [9.17, 15) is 0 Å². The van der Waals surface area contributed by atoms with Gasteiger partial charge in [-0.1, -0.05) is 55.6 Å². The average molecular weight is 173 g/mol. The third-order valence-electron chi connectivity index (χ3n) is 1.65. The molecule has 0 aliphatic rings. The molecule has 0 aliphatic carbocycles. The summed E-state index contributed by atoms with van der Waals surface area (Å²) in [6.07, 6.45) is 4.01. The van der Waals surface area contributed by atoms with E-state index in [-0.39, 0.29) is 0 Å². The van der Waals surface area contributed by atoms with Crippen molar-refractivity contribution in [1.29, 1.82) is 0 Å². The van der Waals surface area contributed by atoms with Crippen molar-refractivity contribution in [2.24, 2.45) is 0 Å². The second-order valence-electron chi connectivity index (χ2n) is 2.58. The molecule has 1 aromatic carbocycles. The first-order valence-corrected chi connectivity index (χ1v) is 4.15. The molecule has 0 aromatic heterocycles. The van der Waals surface area contributed by atoms with Crippen LogP contribution in [0.3, 0.4) is 0 Å². The molecule has 0 aliphatic heterocycles. The molecule has 1 radical (unpaired) electrons. The molecule has 0 atom stereocenters. The van der Waals surface area contributed by atoms with Gasteiger partial charge >= 0.3 is 0 Å². The summed E-state index contributed by atoms with van der Waals surface area (Å²) in [5.41, 5.74) is 1.14. The van der Waals surface area contributed by atoms with Gasteiger partial charge in [-0.05, 0) is 5.56 Å². The van der Waals surface area contributed by atoms with E-state index in [4.69, 9.17) is 4.74 Å². The van der Waals surface area contributed by atoms with Gasteiger partial charge in [-0.3, -0.25) is 0 Å². The van der Waals surface area contributed by atoms with Crippen molar-refractivity contribution in [2.45, 2.75) is 6.61 Å². The Morgan fingerprint density at radius 2 is 1.77 bits per heavy atom. The molecule has 1 heteroatoms. The molecule has 0 heterocycles. The van der Waals surface area contributed by atoms with E-state index in [1.54, 1.807) is 12.2 Å². The van der Waals surface area contributed by atoms with Crippen molar-refractivity contribution in [3.63, 3.8) is 0 Å². The van der Waals surface area contributed by atoms with Crippen LogP contribution in [0.25, 0.3) is 0 Å². The van der Waals surface area contributed by atoms with E-state index >= 15 is 0 Å². The van der Waals surface area contributed by atoms with Crippen LogP contribution in [-0.4, -0.2) is 0 Å². The Labute approximate surface area is 79.4 Å². The molecular weight excluding hydrogens is 160 g/mol. The minimum atomic E-state index is 0.564. The van der Waals surface area contributed by atoms with Crippen LogP contribution in [0, 0.1) is 6.10 Å². The first kappa shape index (κ1) is 9.75. The zero-order valence-electron chi connectivity index (χ0n) is 7.57. The van der Waals surface area contributed by atoms with Gasteiger partial charge in [0.2, 0.25) is 0 Å². The minimum Gasteiger partial charge on any atom is -0.358 e. The minimum absolute atomic E-state index is 0.564. The molecule has 0 spiro atoms. The maximum atomic E-state index is 5.41. The standard InChI is InChI=1S/C12H13O/c1-3-12(4-2)13-10-11-8-6-5-7-9-11/h3-9H,1-2,10H2. The molecule has 0 N–H and O–H groups in total. The number of ether oxygens (including phenoxy) is 1. The van der Waals surface area contributed by atoms with Crippen LogP contribution in [0.1, 0.15) is 5.56 Å². The molecule has 1 rings (SSSR count). The molecule has 1 nitrogen and oxygen atoms in total. The Hall–Kier alpha value is -1.34. The highest BCUT2D eigenvalue weighted by Crippen LogP contribution is 2.09. The Morgan fingerprint density at radius 1 is 1.15 bits per heavy atom. The van der Waals surface area contributed by atoms with Gasteiger partial charge in [-0.2, -0.15) is 0 Å². The summed E-state index contributed by atoms with van der Waals surface area (Å²) in [6.45, 7) is 7.79. The third-order valence-corrected chi connectivity index (χ3v) is 1.65. The summed E-state index contributed by atoms with van der Waals surface area (Å²) in [4.78, 5) is 0. The van der Waals surface area contributed by atoms with Gasteiger partial charge in [0.25, 0.3) is 0 Å². The summed E-state index contributed by atoms with van der Waals surface area (Å²) >= 11 is 0. The van der Waals surface area contributed by atoms with Crippen LogP contribution in [0.4, 0.5) is 0 Å². The van der Waals surface area contributed by atoms with E-state index < -0.39 is 0 Å². The molecule has 0 unspecified atom stereocenters. The van der Waals surface area contributed by atoms with Crippen LogP contribution in [-0.2, 0) is 11.3 Å². The lowest BCUT2D eigenvalue weighted by molar-refractivity contribution is 0.170. The fourth-order valence-corrected chi connectivity index (χ4v) is 0.942. The van der Waals surface area contributed by atoms with Crippen molar-refractivity contribution in [3.05, 3.63) is 67.3 Å². The fourth-order valence-electron chi connectivity index (χ4n) is 0.942. The van der Waals surface area contributed by atoms with Crippen molar-refractivity contribution in [2.75, 3.05) is 0 Å². The van der Waals surface area contributed by atoms with Crippen molar-refractivity contribution in [1.82, 2.24) is 0 Å². The first-order valence-electron chi connectivity index (χ1n) is 4.15. The zero-order valence-corrected chi connectivity index (χ0v) is 7.57. The third kappa shape index (κ3) is 3.26. The highest BCUT2D eigenvalue weighted by Gasteiger charge is 1.99. The lowest BCUT2D eigenvalue weighted by Crippen LogP contribution is -1.96. The van der Waals surface area contributed by atoms with Crippen LogP contribution < -0.4 is 0 Å². The molecule has 67 valence electrons. The van der Waals surface area contributed by atoms with Crippen LogP contribution in [0.5, 0.6) is 0 Å². The van der Waals surface area contributed by atoms with E-state index in [1.807, 2.05) is 30.3 Å². The maximum absolute atomic E-state index is 5.41. The monoisotopic (exact) mass is 173 g/mol. The van der Waals surface area contributed by atoms with Gasteiger partial charge < -0.3 is 4.74 Å². The van der Waals surface area contributed by atoms with E-state index in [0.29, 0.717) is 12.7 Å². The highest BCUT2D eigenvalue weighted by atomic mass is 16.5. The SMILES string of the molecule is C=C[C](C=C)OCc1ccccc1. The van der Waals surface area contributed by atoms with Crippen molar-refractivity contribution >= 4 is 0 Å². The molecule has 0 bridgehead atoms. The summed E-state index contributed by atoms with van der Waals surface area (Å²) in [5.74, 6) is 0. The summed E-state index contributed by atoms with van der Waals surface area (Å²) in [7, 11) is 0. The number of rotatable bonds is 5. The second kappa shape index (κ2) is 5.33. The molecule has 0 fully saturated rings. The number of hydrogen-bond acceptors (Lipinski definition) is 1. The Balaban J connectivity index is 2.42. The molecular formula is C12H13O. The Bertz CT molecular complexity index is 256. The summed E-state index contributed by atoms with van der Waals surface area (Å²) in [6, 6.07) is 9.99. The van der Waals surface area contributed by atoms with Crippen LogP contribution in [0.2, 0.25) is 0 Å². The van der Waals surface area contributed by atoms with Gasteiger partial charge in [0.1, 0.15) is 6.10 Å². The zero-order chi connectivity index (χ0) is 9.52. The summed E-state index contributed by atoms with van der Waals surface area (Å²) < 4.78 is 5.41. The molecule has 1 aromatic rings. The molecule has 0 saturated carbocycles. The second-order valence-corrected chi connectivity index (χ2v) is 2.58. The van der Waals surface area contributed by atoms with Crippen molar-refractivity contribution < 1.29 is 4.74 Å². The van der Waals surface area contributed by atoms with Gasteiger partial charge in [0, 0.05) is 0 Å². The maximum Gasteiger partial charge on any atom is 0.140 e. The Kier molecular flexibility index (Phi) is 4.00. The molecule has 0 saturated heterocycles. The Morgan fingerprint density at radius 3 is 2.31 bits per heavy atom. The quantitative estimate of drug-likeness (QED) is 0.664. The molecule has 13 heavy (non-hydrogen) atoms. The highest BCUT2D eigenvalue weighted by molar-refractivity contribution is 5.16. The van der Waals surface area contributed by atoms with E-state index in [2.05, 4.69) is 13.2 Å². The topological polar surface area (TPSA) is 9.23 Å². The fraction of sp³-hybridized carbons (Fsp3) is 0.0833. The van der Waals surface area contributed by atoms with Crippen LogP contribution in [0.15, 0.2) is 55.6 Å². The predicted octanol–water partition coefficient (Wildman–Crippen LogP) is 3.11. The smallest absolute Gasteiger partial charge is 0.140 e. The largest absolute Gasteiger partial charge is 0.358 e. The summed E-state index contributed by atoms with van der Waals surface area (Å²) in [5, 5.41) is 0. The number of benzene rings is 1. The first-order chi connectivity index (χ1) is 6.36. The van der Waals surface area contributed by atoms with Crippen LogP contribution >= 0.6 is 0 Å². The number of hydrogen-bond donors (Lipinski definition) is 0. The lowest BCUT2D eigenvalue weighted by atomic mass is 10.2. The van der Waals surface area contributed by atoms with Gasteiger partial charge in [0.15, 0.2) is 0 Å². The van der Waals surface area contributed by atoms with Crippen molar-refractivity contribution in [3.8, 4) is 0 Å². The van der Waals surface area contributed by atoms with E-state index in [0.717, 1.165) is 5.56 Å². The average Bonchev–Trinajstić information content (AvgIpc) is 2.21. The van der Waals surface area contributed by atoms with E-state index in [1.165, 1.54) is 0 Å². The predicted molar refractivity (Wildman–Crippen MR) is 54.9 cm³/mol. The van der Waals surface area contributed by atoms with Gasteiger partial charge in [-0.15, -0.1) is 0 Å². The lowest BCUT2D eigenvalue weighted by Gasteiger charge is -2.07. The van der Waals surface area contributed by atoms with Gasteiger partial charge in [0.05, 0.1) is 6.61 Å². The van der Waals surface area contributed by atoms with Gasteiger partial charge in [-0.25, -0.2) is 0 Å². The normalized spacial score (nSPS) is 9.92. The molecule has 0 amide bonds.